The van der Waals surface area contributed by atoms with Crippen LogP contribution in [-0.2, 0) is 23.4 Å². The second-order valence-electron chi connectivity index (χ2n) is 9.51. The number of esters is 1. The van der Waals surface area contributed by atoms with Gasteiger partial charge in [0.1, 0.15) is 0 Å². The topological polar surface area (TPSA) is 63.2 Å². The lowest BCUT2D eigenvalue weighted by Gasteiger charge is -2.32. The van der Waals surface area contributed by atoms with Gasteiger partial charge in [0.25, 0.3) is 0 Å². The largest absolute Gasteiger partial charge is 0.495 e. The summed E-state index contributed by atoms with van der Waals surface area (Å²) < 4.78 is 29.5. The molecular formula is C20H30B2O6. The molecule has 2 heterocycles. The second-order valence-corrected chi connectivity index (χ2v) is 9.51. The lowest BCUT2D eigenvalue weighted by atomic mass is 9.71. The summed E-state index contributed by atoms with van der Waals surface area (Å²) in [5.74, 6) is -0.455. The third-order valence-electron chi connectivity index (χ3n) is 6.52. The zero-order chi connectivity index (χ0) is 21.1. The van der Waals surface area contributed by atoms with Crippen LogP contribution in [0.5, 0.6) is 0 Å². The Labute approximate surface area is 168 Å². The fraction of sp³-hybridized carbons (Fsp3) is 0.650. The molecule has 0 radical (unpaired) electrons. The number of rotatable bonds is 3. The van der Waals surface area contributed by atoms with Gasteiger partial charge in [0.15, 0.2) is 0 Å². The molecule has 0 aromatic heterocycles. The Balaban J connectivity index is 1.98. The minimum absolute atomic E-state index is 0.383. The van der Waals surface area contributed by atoms with Crippen molar-refractivity contribution in [1.29, 1.82) is 0 Å². The van der Waals surface area contributed by atoms with Crippen molar-refractivity contribution in [3.63, 3.8) is 0 Å². The maximum absolute atomic E-state index is 12.5. The minimum atomic E-state index is -0.661. The number of carbonyl (C=O) groups excluding carboxylic acids is 1. The fourth-order valence-corrected chi connectivity index (χ4v) is 3.16. The average molecular weight is 388 g/mol. The molecule has 2 fully saturated rings. The zero-order valence-electron chi connectivity index (χ0n) is 18.3. The molecule has 0 N–H and O–H groups in total. The number of benzene rings is 1. The molecule has 1 aromatic rings. The number of ether oxygens (including phenoxy) is 1. The van der Waals surface area contributed by atoms with E-state index in [-0.39, 0.29) is 0 Å². The SMILES string of the molecule is COC(=O)c1cc(B2OC(C)(C)C(C)(C)O2)ccc1B1OC(C)(C)C(C)(C)O1. The highest BCUT2D eigenvalue weighted by atomic mass is 16.7. The molecule has 2 aliphatic heterocycles. The van der Waals surface area contributed by atoms with Crippen molar-refractivity contribution in [2.45, 2.75) is 77.8 Å². The van der Waals surface area contributed by atoms with Crippen LogP contribution in [0.4, 0.5) is 0 Å². The monoisotopic (exact) mass is 388 g/mol. The summed E-state index contributed by atoms with van der Waals surface area (Å²) in [6.45, 7) is 15.9. The molecule has 28 heavy (non-hydrogen) atoms. The highest BCUT2D eigenvalue weighted by Gasteiger charge is 2.54. The average Bonchev–Trinajstić information content (AvgIpc) is 2.93. The van der Waals surface area contributed by atoms with Crippen LogP contribution in [0.1, 0.15) is 65.7 Å². The first-order valence-electron chi connectivity index (χ1n) is 9.64. The molecule has 0 atom stereocenters. The van der Waals surface area contributed by atoms with Crippen molar-refractivity contribution >= 4 is 31.1 Å². The molecule has 2 aliphatic rings. The smallest absolute Gasteiger partial charge is 0.465 e. The Kier molecular flexibility index (Phi) is 5.03. The van der Waals surface area contributed by atoms with E-state index in [0.717, 1.165) is 5.46 Å². The van der Waals surface area contributed by atoms with Crippen LogP contribution in [0, 0.1) is 0 Å². The molecule has 0 amide bonds. The quantitative estimate of drug-likeness (QED) is 0.584. The van der Waals surface area contributed by atoms with Gasteiger partial charge in [-0.3, -0.25) is 0 Å². The second kappa shape index (κ2) is 6.59. The predicted molar refractivity (Wildman–Crippen MR) is 109 cm³/mol. The van der Waals surface area contributed by atoms with Crippen molar-refractivity contribution in [3.05, 3.63) is 23.8 Å². The maximum atomic E-state index is 12.5. The van der Waals surface area contributed by atoms with Crippen molar-refractivity contribution in [1.82, 2.24) is 0 Å². The molecule has 0 unspecified atom stereocenters. The molecule has 0 bridgehead atoms. The number of carbonyl (C=O) groups is 1. The summed E-state index contributed by atoms with van der Waals surface area (Å²) in [6, 6.07) is 5.46. The normalized spacial score (nSPS) is 24.5. The van der Waals surface area contributed by atoms with Gasteiger partial charge in [0.2, 0.25) is 0 Å². The highest BCUT2D eigenvalue weighted by molar-refractivity contribution is 6.65. The van der Waals surface area contributed by atoms with E-state index in [1.54, 1.807) is 6.07 Å². The molecule has 2 saturated heterocycles. The third kappa shape index (κ3) is 3.41. The van der Waals surface area contributed by atoms with Crippen LogP contribution >= 0.6 is 0 Å². The van der Waals surface area contributed by atoms with Gasteiger partial charge in [-0.2, -0.15) is 0 Å². The Morgan fingerprint density at radius 1 is 0.786 bits per heavy atom. The highest BCUT2D eigenvalue weighted by Crippen LogP contribution is 2.38. The molecule has 3 rings (SSSR count). The van der Waals surface area contributed by atoms with E-state index in [2.05, 4.69) is 0 Å². The lowest BCUT2D eigenvalue weighted by molar-refractivity contribution is 0.00578. The molecule has 8 heteroatoms. The summed E-state index contributed by atoms with van der Waals surface area (Å²) >= 11 is 0. The molecule has 0 aliphatic carbocycles. The van der Waals surface area contributed by atoms with Gasteiger partial charge in [-0.25, -0.2) is 4.79 Å². The van der Waals surface area contributed by atoms with E-state index in [1.165, 1.54) is 7.11 Å². The molecule has 152 valence electrons. The van der Waals surface area contributed by atoms with Crippen molar-refractivity contribution in [2.75, 3.05) is 7.11 Å². The number of hydrogen-bond donors (Lipinski definition) is 0. The maximum Gasteiger partial charge on any atom is 0.495 e. The van der Waals surface area contributed by atoms with E-state index in [1.807, 2.05) is 67.5 Å². The number of methoxy groups -OCH3 is 1. The Bertz CT molecular complexity index is 755. The molecule has 1 aromatic carbocycles. The Hall–Kier alpha value is -1.34. The van der Waals surface area contributed by atoms with E-state index in [9.17, 15) is 4.79 Å². The summed E-state index contributed by atoms with van der Waals surface area (Å²) in [6.07, 6.45) is 0. The van der Waals surface area contributed by atoms with Gasteiger partial charge in [0, 0.05) is 0 Å². The predicted octanol–water partition coefficient (Wildman–Crippen LogP) is 2.07. The molecule has 0 saturated carbocycles. The van der Waals surface area contributed by atoms with Gasteiger partial charge in [-0.05, 0) is 72.4 Å². The van der Waals surface area contributed by atoms with Crippen molar-refractivity contribution in [3.8, 4) is 0 Å². The van der Waals surface area contributed by atoms with E-state index >= 15 is 0 Å². The van der Waals surface area contributed by atoms with Gasteiger partial charge in [-0.15, -0.1) is 0 Å². The van der Waals surface area contributed by atoms with Crippen LogP contribution in [0.25, 0.3) is 0 Å². The standard InChI is InChI=1S/C20H30B2O6/c1-17(2)18(3,4)26-21(25-17)13-10-11-15(14(12-13)16(23)24-9)22-27-19(5,6)20(7,8)28-22/h10-12H,1-9H3. The molecular weight excluding hydrogens is 358 g/mol. The van der Waals surface area contributed by atoms with Crippen LogP contribution in [0.2, 0.25) is 0 Å². The fourth-order valence-electron chi connectivity index (χ4n) is 3.16. The van der Waals surface area contributed by atoms with Crippen LogP contribution in [0.3, 0.4) is 0 Å². The van der Waals surface area contributed by atoms with Gasteiger partial charge < -0.3 is 23.4 Å². The van der Waals surface area contributed by atoms with Crippen molar-refractivity contribution < 1.29 is 28.1 Å². The van der Waals surface area contributed by atoms with Gasteiger partial charge in [0.05, 0.1) is 35.1 Å². The first-order chi connectivity index (χ1) is 12.7. The van der Waals surface area contributed by atoms with E-state index in [0.29, 0.717) is 11.0 Å². The summed E-state index contributed by atoms with van der Waals surface area (Å²) in [5, 5.41) is 0. The summed E-state index contributed by atoms with van der Waals surface area (Å²) in [7, 11) is 0.129. The third-order valence-corrected chi connectivity index (χ3v) is 6.52. The Morgan fingerprint density at radius 3 is 1.64 bits per heavy atom. The van der Waals surface area contributed by atoms with Crippen LogP contribution in [0.15, 0.2) is 18.2 Å². The van der Waals surface area contributed by atoms with Crippen LogP contribution in [-0.4, -0.2) is 49.7 Å². The van der Waals surface area contributed by atoms with Gasteiger partial charge in [-0.1, -0.05) is 12.1 Å². The minimum Gasteiger partial charge on any atom is -0.465 e. The van der Waals surface area contributed by atoms with Crippen LogP contribution < -0.4 is 10.9 Å². The first kappa shape index (κ1) is 21.4. The zero-order valence-corrected chi connectivity index (χ0v) is 18.3. The Morgan fingerprint density at radius 2 is 1.21 bits per heavy atom. The molecule has 0 spiro atoms. The molecule has 6 nitrogen and oxygen atoms in total. The number of hydrogen-bond acceptors (Lipinski definition) is 6. The van der Waals surface area contributed by atoms with Gasteiger partial charge >= 0.3 is 20.2 Å². The van der Waals surface area contributed by atoms with E-state index < -0.39 is 42.6 Å². The summed E-state index contributed by atoms with van der Waals surface area (Å²) in [5.41, 5.74) is -0.176. The lowest BCUT2D eigenvalue weighted by Crippen LogP contribution is -2.42. The summed E-state index contributed by atoms with van der Waals surface area (Å²) in [4.78, 5) is 12.5. The van der Waals surface area contributed by atoms with Crippen molar-refractivity contribution in [2.24, 2.45) is 0 Å². The van der Waals surface area contributed by atoms with E-state index in [4.69, 9.17) is 23.4 Å². The first-order valence-corrected chi connectivity index (χ1v) is 9.64.